The zero-order chi connectivity index (χ0) is 14.9. The monoisotopic (exact) mass is 293 g/mol. The van der Waals surface area contributed by atoms with Gasteiger partial charge in [0.2, 0.25) is 0 Å². The fraction of sp³-hybridized carbons (Fsp3) is 0.250. The summed E-state index contributed by atoms with van der Waals surface area (Å²) in [7, 11) is 0. The molecule has 0 unspecified atom stereocenters. The lowest BCUT2D eigenvalue weighted by Crippen LogP contribution is -2.29. The Morgan fingerprint density at radius 1 is 1.18 bits per heavy atom. The van der Waals surface area contributed by atoms with Crippen LogP contribution in [0.25, 0.3) is 10.9 Å². The van der Waals surface area contributed by atoms with Gasteiger partial charge in [-0.2, -0.15) is 0 Å². The van der Waals surface area contributed by atoms with E-state index in [0.29, 0.717) is 12.2 Å². The van der Waals surface area contributed by atoms with Crippen molar-refractivity contribution in [2.75, 3.05) is 13.1 Å². The molecule has 0 spiro atoms. The van der Waals surface area contributed by atoms with Crippen LogP contribution < -0.4 is 0 Å². The average molecular weight is 293 g/mol. The van der Waals surface area contributed by atoms with E-state index in [9.17, 15) is 4.79 Å². The Labute approximate surface area is 127 Å². The van der Waals surface area contributed by atoms with Gasteiger partial charge >= 0.3 is 0 Å². The number of aromatic nitrogens is 4. The molecule has 1 atom stereocenters. The van der Waals surface area contributed by atoms with Crippen LogP contribution in [0, 0.1) is 0 Å². The van der Waals surface area contributed by atoms with E-state index in [2.05, 4.69) is 15.3 Å². The molecule has 3 aromatic rings. The Bertz CT molecular complexity index is 814. The van der Waals surface area contributed by atoms with E-state index in [1.807, 2.05) is 46.1 Å². The van der Waals surface area contributed by atoms with E-state index in [1.54, 1.807) is 12.3 Å². The first-order valence-electron chi connectivity index (χ1n) is 7.32. The second kappa shape index (κ2) is 5.22. The van der Waals surface area contributed by atoms with Crippen molar-refractivity contribution in [3.05, 3.63) is 54.5 Å². The molecular weight excluding hydrogens is 278 g/mol. The van der Waals surface area contributed by atoms with Crippen LogP contribution in [0.5, 0.6) is 0 Å². The summed E-state index contributed by atoms with van der Waals surface area (Å²) in [5.41, 5.74) is 1.35. The second-order valence-electron chi connectivity index (χ2n) is 5.47. The van der Waals surface area contributed by atoms with Crippen LogP contribution in [-0.2, 0) is 0 Å². The minimum atomic E-state index is -0.0200. The van der Waals surface area contributed by atoms with Crippen molar-refractivity contribution in [2.24, 2.45) is 0 Å². The van der Waals surface area contributed by atoms with Crippen molar-refractivity contribution in [1.29, 1.82) is 0 Å². The molecule has 0 saturated carbocycles. The Morgan fingerprint density at radius 2 is 2.09 bits per heavy atom. The normalized spacial score (nSPS) is 18.0. The van der Waals surface area contributed by atoms with Gasteiger partial charge in [-0.15, -0.1) is 5.10 Å². The van der Waals surface area contributed by atoms with Gasteiger partial charge in [0.1, 0.15) is 5.69 Å². The van der Waals surface area contributed by atoms with E-state index in [4.69, 9.17) is 0 Å². The summed E-state index contributed by atoms with van der Waals surface area (Å²) < 4.78 is 1.82. The van der Waals surface area contributed by atoms with Crippen LogP contribution in [0.3, 0.4) is 0 Å². The van der Waals surface area contributed by atoms with Gasteiger partial charge in [0.25, 0.3) is 5.91 Å². The molecule has 3 heterocycles. The van der Waals surface area contributed by atoms with Gasteiger partial charge in [0.15, 0.2) is 0 Å². The number of hydrogen-bond acceptors (Lipinski definition) is 4. The predicted octanol–water partition coefficient (Wildman–Crippen LogP) is 1.91. The number of rotatable bonds is 2. The SMILES string of the molecule is O=C(c1ccc2ccccc2n1)N1CC[C@H](n2ccnn2)C1. The first-order chi connectivity index (χ1) is 10.8. The number of pyridine rings is 1. The number of likely N-dealkylation sites (tertiary alicyclic amines) is 1. The van der Waals surface area contributed by atoms with Crippen LogP contribution in [0.4, 0.5) is 0 Å². The number of carbonyl (C=O) groups is 1. The molecular formula is C16H15N5O. The topological polar surface area (TPSA) is 63.9 Å². The van der Waals surface area contributed by atoms with Crippen LogP contribution >= 0.6 is 0 Å². The summed E-state index contributed by atoms with van der Waals surface area (Å²) in [5, 5.41) is 8.89. The first-order valence-corrected chi connectivity index (χ1v) is 7.32. The third kappa shape index (κ3) is 2.22. The quantitative estimate of drug-likeness (QED) is 0.724. The average Bonchev–Trinajstić information content (AvgIpc) is 3.24. The largest absolute Gasteiger partial charge is 0.335 e. The molecule has 0 radical (unpaired) electrons. The highest BCUT2D eigenvalue weighted by molar-refractivity contribution is 5.95. The van der Waals surface area contributed by atoms with E-state index in [1.165, 1.54) is 0 Å². The van der Waals surface area contributed by atoms with Gasteiger partial charge in [-0.1, -0.05) is 29.5 Å². The Kier molecular flexibility index (Phi) is 3.07. The Hall–Kier alpha value is -2.76. The fourth-order valence-corrected chi connectivity index (χ4v) is 2.90. The van der Waals surface area contributed by atoms with Gasteiger partial charge < -0.3 is 4.90 Å². The molecule has 2 aromatic heterocycles. The van der Waals surface area contributed by atoms with Crippen LogP contribution in [-0.4, -0.2) is 43.9 Å². The smallest absolute Gasteiger partial charge is 0.272 e. The molecule has 1 aliphatic rings. The summed E-state index contributed by atoms with van der Waals surface area (Å²) in [5.74, 6) is -0.0200. The van der Waals surface area contributed by atoms with Gasteiger partial charge in [0.05, 0.1) is 17.8 Å². The number of carbonyl (C=O) groups excluding carboxylic acids is 1. The standard InChI is InChI=1S/C16H15N5O/c22-16(15-6-5-12-3-1-2-4-14(12)18-15)20-9-7-13(11-20)21-10-8-17-19-21/h1-6,8,10,13H,7,9,11H2/t13-/m0/s1. The summed E-state index contributed by atoms with van der Waals surface area (Å²) >= 11 is 0. The predicted molar refractivity (Wildman–Crippen MR) is 81.3 cm³/mol. The molecule has 1 aromatic carbocycles. The minimum Gasteiger partial charge on any atom is -0.335 e. The highest BCUT2D eigenvalue weighted by atomic mass is 16.2. The van der Waals surface area contributed by atoms with Gasteiger partial charge in [-0.3, -0.25) is 4.79 Å². The van der Waals surface area contributed by atoms with Crippen molar-refractivity contribution in [1.82, 2.24) is 24.9 Å². The second-order valence-corrected chi connectivity index (χ2v) is 5.47. The molecule has 6 heteroatoms. The number of fused-ring (bicyclic) bond motifs is 1. The summed E-state index contributed by atoms with van der Waals surface area (Å²) in [4.78, 5) is 18.9. The molecule has 1 saturated heterocycles. The first kappa shape index (κ1) is 12.9. The maximum Gasteiger partial charge on any atom is 0.272 e. The summed E-state index contributed by atoms with van der Waals surface area (Å²) in [6, 6.07) is 11.8. The van der Waals surface area contributed by atoms with Crippen molar-refractivity contribution in [2.45, 2.75) is 12.5 Å². The third-order valence-electron chi connectivity index (χ3n) is 4.08. The molecule has 1 amide bonds. The highest BCUT2D eigenvalue weighted by Crippen LogP contribution is 2.22. The van der Waals surface area contributed by atoms with E-state index >= 15 is 0 Å². The zero-order valence-electron chi connectivity index (χ0n) is 12.0. The zero-order valence-corrected chi connectivity index (χ0v) is 12.0. The van der Waals surface area contributed by atoms with Crippen molar-refractivity contribution >= 4 is 16.8 Å². The van der Waals surface area contributed by atoms with E-state index < -0.39 is 0 Å². The maximum atomic E-state index is 12.6. The molecule has 1 aliphatic heterocycles. The molecule has 4 rings (SSSR count). The van der Waals surface area contributed by atoms with Gasteiger partial charge in [-0.25, -0.2) is 9.67 Å². The number of amides is 1. The van der Waals surface area contributed by atoms with Crippen molar-refractivity contribution < 1.29 is 4.79 Å². The molecule has 0 N–H and O–H groups in total. The molecule has 1 fully saturated rings. The Morgan fingerprint density at radius 3 is 2.95 bits per heavy atom. The van der Waals surface area contributed by atoms with Crippen LogP contribution in [0.1, 0.15) is 23.0 Å². The Balaban J connectivity index is 1.56. The highest BCUT2D eigenvalue weighted by Gasteiger charge is 2.29. The van der Waals surface area contributed by atoms with Gasteiger partial charge in [-0.05, 0) is 18.6 Å². The minimum absolute atomic E-state index is 0.0200. The number of benzene rings is 1. The number of nitrogens with zero attached hydrogens (tertiary/aromatic N) is 5. The lowest BCUT2D eigenvalue weighted by atomic mass is 10.2. The maximum absolute atomic E-state index is 12.6. The number of hydrogen-bond donors (Lipinski definition) is 0. The lowest BCUT2D eigenvalue weighted by Gasteiger charge is -2.16. The third-order valence-corrected chi connectivity index (χ3v) is 4.08. The van der Waals surface area contributed by atoms with Crippen molar-refractivity contribution in [3.8, 4) is 0 Å². The molecule has 110 valence electrons. The molecule has 0 aliphatic carbocycles. The number of para-hydroxylation sites is 1. The van der Waals surface area contributed by atoms with Gasteiger partial charge in [0, 0.05) is 24.7 Å². The molecule has 0 bridgehead atoms. The molecule has 22 heavy (non-hydrogen) atoms. The lowest BCUT2D eigenvalue weighted by molar-refractivity contribution is 0.0781. The van der Waals surface area contributed by atoms with Crippen LogP contribution in [0.15, 0.2) is 48.8 Å². The van der Waals surface area contributed by atoms with E-state index in [-0.39, 0.29) is 11.9 Å². The van der Waals surface area contributed by atoms with Crippen molar-refractivity contribution in [3.63, 3.8) is 0 Å². The molecule has 6 nitrogen and oxygen atoms in total. The van der Waals surface area contributed by atoms with E-state index in [0.717, 1.165) is 23.9 Å². The fourth-order valence-electron chi connectivity index (χ4n) is 2.90. The van der Waals surface area contributed by atoms with Crippen LogP contribution in [0.2, 0.25) is 0 Å². The summed E-state index contributed by atoms with van der Waals surface area (Å²) in [6.45, 7) is 1.37. The summed E-state index contributed by atoms with van der Waals surface area (Å²) in [6.07, 6.45) is 4.39.